The fraction of sp³-hybridized carbons (Fsp3) is 0.368. The molecule has 1 aliphatic rings. The second-order valence-corrected chi connectivity index (χ2v) is 6.43. The summed E-state index contributed by atoms with van der Waals surface area (Å²) in [7, 11) is 0. The van der Waals surface area contributed by atoms with E-state index in [1.165, 1.54) is 11.6 Å². The smallest absolute Gasteiger partial charge is 0.238 e. The highest BCUT2D eigenvalue weighted by atomic mass is 19.1. The second-order valence-electron chi connectivity index (χ2n) is 6.43. The second kappa shape index (κ2) is 8.18. The summed E-state index contributed by atoms with van der Waals surface area (Å²) in [5.74, 6) is -0.411. The molecule has 0 saturated carbocycles. The Morgan fingerprint density at radius 3 is 2.64 bits per heavy atom. The predicted molar refractivity (Wildman–Crippen MR) is 95.7 cm³/mol. The van der Waals surface area contributed by atoms with Crippen LogP contribution in [0.3, 0.4) is 0 Å². The molecular formula is C19H23FN4O. The van der Waals surface area contributed by atoms with Crippen LogP contribution in [0, 0.1) is 12.7 Å². The first-order valence-electron chi connectivity index (χ1n) is 8.50. The number of rotatable bonds is 5. The standard InChI is InChI=1S/C19H23FN4O/c1-15-4-5-17(11-18(15)20)22-19(25)14-24-9-7-23(8-10-24)13-16-3-2-6-21-12-16/h2-6,11-12H,7-10,13-14H2,1H3,(H,22,25). The van der Waals surface area contributed by atoms with Crippen molar-refractivity contribution in [2.45, 2.75) is 13.5 Å². The highest BCUT2D eigenvalue weighted by Gasteiger charge is 2.19. The fourth-order valence-corrected chi connectivity index (χ4v) is 2.93. The van der Waals surface area contributed by atoms with Crippen LogP contribution in [0.2, 0.25) is 0 Å². The molecule has 25 heavy (non-hydrogen) atoms. The van der Waals surface area contributed by atoms with Crippen LogP contribution in [0.5, 0.6) is 0 Å². The van der Waals surface area contributed by atoms with Gasteiger partial charge in [0.05, 0.1) is 6.54 Å². The Labute approximate surface area is 147 Å². The normalized spacial score (nSPS) is 15.9. The maximum absolute atomic E-state index is 13.5. The number of benzene rings is 1. The summed E-state index contributed by atoms with van der Waals surface area (Å²) < 4.78 is 13.5. The van der Waals surface area contributed by atoms with Crippen LogP contribution in [-0.4, -0.2) is 53.4 Å². The van der Waals surface area contributed by atoms with Crippen molar-refractivity contribution >= 4 is 11.6 Å². The van der Waals surface area contributed by atoms with Gasteiger partial charge in [0, 0.05) is 50.8 Å². The number of hydrogen-bond acceptors (Lipinski definition) is 4. The van der Waals surface area contributed by atoms with E-state index >= 15 is 0 Å². The molecule has 1 aromatic heterocycles. The van der Waals surface area contributed by atoms with Gasteiger partial charge in [-0.15, -0.1) is 0 Å². The monoisotopic (exact) mass is 342 g/mol. The number of halogens is 1. The zero-order chi connectivity index (χ0) is 17.6. The molecule has 0 atom stereocenters. The highest BCUT2D eigenvalue weighted by molar-refractivity contribution is 5.92. The number of carbonyl (C=O) groups is 1. The number of hydrogen-bond donors (Lipinski definition) is 1. The number of nitrogens with one attached hydrogen (secondary N) is 1. The Balaban J connectivity index is 1.43. The van der Waals surface area contributed by atoms with E-state index in [1.807, 2.05) is 12.3 Å². The molecule has 132 valence electrons. The molecule has 0 spiro atoms. The Bertz CT molecular complexity index is 715. The number of piperazine rings is 1. The highest BCUT2D eigenvalue weighted by Crippen LogP contribution is 2.14. The van der Waals surface area contributed by atoms with Gasteiger partial charge in [-0.2, -0.15) is 0 Å². The van der Waals surface area contributed by atoms with Crippen LogP contribution in [0.4, 0.5) is 10.1 Å². The van der Waals surface area contributed by atoms with Crippen molar-refractivity contribution in [3.63, 3.8) is 0 Å². The van der Waals surface area contributed by atoms with Crippen molar-refractivity contribution in [1.29, 1.82) is 0 Å². The van der Waals surface area contributed by atoms with E-state index in [1.54, 1.807) is 25.3 Å². The summed E-state index contributed by atoms with van der Waals surface area (Å²) >= 11 is 0. The summed E-state index contributed by atoms with van der Waals surface area (Å²) in [4.78, 5) is 20.8. The molecule has 1 amide bonds. The Morgan fingerprint density at radius 2 is 1.96 bits per heavy atom. The van der Waals surface area contributed by atoms with Gasteiger partial charge in [-0.1, -0.05) is 12.1 Å². The number of aryl methyl sites for hydroxylation is 1. The summed E-state index contributed by atoms with van der Waals surface area (Å²) in [6, 6.07) is 8.78. The van der Waals surface area contributed by atoms with Gasteiger partial charge in [0.2, 0.25) is 5.91 Å². The molecule has 6 heteroatoms. The molecule has 0 radical (unpaired) electrons. The molecule has 0 aliphatic carbocycles. The van der Waals surface area contributed by atoms with Crippen LogP contribution < -0.4 is 5.32 Å². The molecule has 1 saturated heterocycles. The van der Waals surface area contributed by atoms with Gasteiger partial charge in [0.1, 0.15) is 5.82 Å². The van der Waals surface area contributed by atoms with Gasteiger partial charge in [0.15, 0.2) is 0 Å². The molecule has 0 unspecified atom stereocenters. The van der Waals surface area contributed by atoms with Gasteiger partial charge < -0.3 is 5.32 Å². The van der Waals surface area contributed by atoms with Crippen molar-refractivity contribution in [3.8, 4) is 0 Å². The lowest BCUT2D eigenvalue weighted by Crippen LogP contribution is -2.48. The van der Waals surface area contributed by atoms with E-state index in [2.05, 4.69) is 26.2 Å². The van der Waals surface area contributed by atoms with Gasteiger partial charge in [-0.25, -0.2) is 4.39 Å². The topological polar surface area (TPSA) is 48.5 Å². The van der Waals surface area contributed by atoms with Gasteiger partial charge in [0.25, 0.3) is 0 Å². The number of aromatic nitrogens is 1. The number of nitrogens with zero attached hydrogens (tertiary/aromatic N) is 3. The Kier molecular flexibility index (Phi) is 5.73. The molecule has 1 fully saturated rings. The Morgan fingerprint density at radius 1 is 1.20 bits per heavy atom. The number of carbonyl (C=O) groups excluding carboxylic acids is 1. The minimum Gasteiger partial charge on any atom is -0.325 e. The molecule has 2 aromatic rings. The van der Waals surface area contributed by atoms with Crippen molar-refractivity contribution in [2.75, 3.05) is 38.0 Å². The van der Waals surface area contributed by atoms with Crippen LogP contribution >= 0.6 is 0 Å². The van der Waals surface area contributed by atoms with Crippen LogP contribution in [0.25, 0.3) is 0 Å². The van der Waals surface area contributed by atoms with Crippen molar-refractivity contribution in [1.82, 2.24) is 14.8 Å². The van der Waals surface area contributed by atoms with Crippen LogP contribution in [-0.2, 0) is 11.3 Å². The SMILES string of the molecule is Cc1ccc(NC(=O)CN2CCN(Cc3cccnc3)CC2)cc1F. The van der Waals surface area contributed by atoms with Gasteiger partial charge in [-0.05, 0) is 36.2 Å². The number of anilines is 1. The van der Waals surface area contributed by atoms with Crippen molar-refractivity contribution in [2.24, 2.45) is 0 Å². The molecule has 1 N–H and O–H groups in total. The summed E-state index contributed by atoms with van der Waals surface area (Å²) in [6.07, 6.45) is 3.67. The molecular weight excluding hydrogens is 319 g/mol. The van der Waals surface area contributed by atoms with Crippen LogP contribution in [0.15, 0.2) is 42.7 Å². The van der Waals surface area contributed by atoms with E-state index in [0.717, 1.165) is 32.7 Å². The average molecular weight is 342 g/mol. The number of pyridine rings is 1. The maximum atomic E-state index is 13.5. The van der Waals surface area contributed by atoms with Gasteiger partial charge >= 0.3 is 0 Å². The lowest BCUT2D eigenvalue weighted by atomic mass is 10.2. The van der Waals surface area contributed by atoms with Gasteiger partial charge in [-0.3, -0.25) is 19.6 Å². The summed E-state index contributed by atoms with van der Waals surface area (Å²) in [5, 5.41) is 2.77. The number of amides is 1. The fourth-order valence-electron chi connectivity index (χ4n) is 2.93. The quantitative estimate of drug-likeness (QED) is 0.906. The molecule has 0 bridgehead atoms. The van der Waals surface area contributed by atoms with Crippen LogP contribution in [0.1, 0.15) is 11.1 Å². The van der Waals surface area contributed by atoms with E-state index < -0.39 is 0 Å². The zero-order valence-electron chi connectivity index (χ0n) is 14.4. The zero-order valence-corrected chi connectivity index (χ0v) is 14.4. The third-order valence-electron chi connectivity index (χ3n) is 4.42. The molecule has 5 nitrogen and oxygen atoms in total. The molecule has 3 rings (SSSR count). The minimum atomic E-state index is -0.304. The Hall–Kier alpha value is -2.31. The maximum Gasteiger partial charge on any atom is 0.238 e. The summed E-state index contributed by atoms with van der Waals surface area (Å²) in [5.41, 5.74) is 2.28. The first-order chi connectivity index (χ1) is 12.1. The van der Waals surface area contributed by atoms with E-state index in [-0.39, 0.29) is 11.7 Å². The summed E-state index contributed by atoms with van der Waals surface area (Å²) in [6.45, 7) is 6.44. The largest absolute Gasteiger partial charge is 0.325 e. The first kappa shape index (κ1) is 17.5. The molecule has 2 heterocycles. The van der Waals surface area contributed by atoms with E-state index in [9.17, 15) is 9.18 Å². The van der Waals surface area contributed by atoms with Crippen molar-refractivity contribution < 1.29 is 9.18 Å². The minimum absolute atomic E-state index is 0.107. The van der Waals surface area contributed by atoms with E-state index in [0.29, 0.717) is 17.8 Å². The predicted octanol–water partition coefficient (Wildman–Crippen LogP) is 2.29. The third-order valence-corrected chi connectivity index (χ3v) is 4.42. The molecule has 1 aromatic carbocycles. The third kappa shape index (κ3) is 5.08. The van der Waals surface area contributed by atoms with E-state index in [4.69, 9.17) is 0 Å². The average Bonchev–Trinajstić information content (AvgIpc) is 2.61. The lowest BCUT2D eigenvalue weighted by Gasteiger charge is -2.34. The first-order valence-corrected chi connectivity index (χ1v) is 8.50. The molecule has 1 aliphatic heterocycles. The van der Waals surface area contributed by atoms with Crippen molar-refractivity contribution in [3.05, 3.63) is 59.7 Å². The lowest BCUT2D eigenvalue weighted by molar-refractivity contribution is -0.117.